The topological polar surface area (TPSA) is 71.7 Å². The first kappa shape index (κ1) is 20.1. The van der Waals surface area contributed by atoms with Gasteiger partial charge < -0.3 is 20.3 Å². The second-order valence-electron chi connectivity index (χ2n) is 7.37. The Kier molecular flexibility index (Phi) is 6.46. The molecular formula is C18H32N4O2. The molecule has 2 N–H and O–H groups in total. The molecule has 24 heavy (non-hydrogen) atoms. The summed E-state index contributed by atoms with van der Waals surface area (Å²) in [5, 5.41) is 0. The average molecular weight is 336 g/mol. The van der Waals surface area contributed by atoms with E-state index in [0.29, 0.717) is 18.2 Å². The fourth-order valence-corrected chi connectivity index (χ4v) is 2.83. The Morgan fingerprint density at radius 3 is 2.58 bits per heavy atom. The normalized spacial score (nSPS) is 18.3. The van der Waals surface area contributed by atoms with Crippen molar-refractivity contribution in [3.63, 3.8) is 0 Å². The predicted molar refractivity (Wildman–Crippen MR) is 99.2 cm³/mol. The van der Waals surface area contributed by atoms with Crippen molar-refractivity contribution in [1.29, 1.82) is 0 Å². The molecule has 1 saturated heterocycles. The summed E-state index contributed by atoms with van der Waals surface area (Å²) in [4.78, 5) is 20.6. The van der Waals surface area contributed by atoms with Crippen molar-refractivity contribution in [1.82, 2.24) is 9.88 Å². The van der Waals surface area contributed by atoms with E-state index in [1.807, 2.05) is 31.7 Å². The molecule has 0 spiro atoms. The number of rotatable bonds is 2. The second kappa shape index (κ2) is 7.73. The Morgan fingerprint density at radius 2 is 2.04 bits per heavy atom. The van der Waals surface area contributed by atoms with Gasteiger partial charge >= 0.3 is 6.09 Å². The van der Waals surface area contributed by atoms with Crippen LogP contribution in [0.3, 0.4) is 0 Å². The van der Waals surface area contributed by atoms with Crippen molar-refractivity contribution < 1.29 is 9.53 Å². The minimum atomic E-state index is -0.481. The van der Waals surface area contributed by atoms with Crippen molar-refractivity contribution in [2.75, 3.05) is 30.3 Å². The lowest BCUT2D eigenvalue weighted by molar-refractivity contribution is 0.00884. The quantitative estimate of drug-likeness (QED) is 0.896. The third-order valence-electron chi connectivity index (χ3n) is 3.98. The molecule has 6 heteroatoms. The van der Waals surface area contributed by atoms with Gasteiger partial charge in [0.05, 0.1) is 23.6 Å². The molecular weight excluding hydrogens is 304 g/mol. The van der Waals surface area contributed by atoms with Gasteiger partial charge in [-0.3, -0.25) is 4.98 Å². The molecule has 1 aromatic rings. The van der Waals surface area contributed by atoms with Crippen LogP contribution in [0, 0.1) is 5.92 Å². The largest absolute Gasteiger partial charge is 0.444 e. The zero-order chi connectivity index (χ0) is 17.2. The highest BCUT2D eigenvalue weighted by Gasteiger charge is 2.35. The van der Waals surface area contributed by atoms with Crippen LogP contribution in [0.1, 0.15) is 42.0 Å². The highest BCUT2D eigenvalue weighted by molar-refractivity contribution is 5.70. The van der Waals surface area contributed by atoms with Crippen molar-refractivity contribution in [2.24, 2.45) is 5.92 Å². The number of ether oxygens (including phenoxy) is 1. The van der Waals surface area contributed by atoms with Gasteiger partial charge in [0.1, 0.15) is 5.60 Å². The van der Waals surface area contributed by atoms with Gasteiger partial charge in [-0.1, -0.05) is 21.3 Å². The van der Waals surface area contributed by atoms with E-state index in [4.69, 9.17) is 10.5 Å². The lowest BCUT2D eigenvalue weighted by Gasteiger charge is -2.44. The summed E-state index contributed by atoms with van der Waals surface area (Å²) >= 11 is 0. The molecule has 0 aliphatic carbocycles. The zero-order valence-corrected chi connectivity index (χ0v) is 14.7. The molecule has 1 aliphatic heterocycles. The first-order chi connectivity index (χ1) is 10.7. The summed E-state index contributed by atoms with van der Waals surface area (Å²) in [5.74, 6) is 0.327. The lowest BCUT2D eigenvalue weighted by atomic mass is 9.99. The Balaban J connectivity index is 0.00000288. The summed E-state index contributed by atoms with van der Waals surface area (Å²) in [6, 6.07) is 2.02. The fourth-order valence-electron chi connectivity index (χ4n) is 2.83. The third-order valence-corrected chi connectivity index (χ3v) is 3.98. The zero-order valence-electron chi connectivity index (χ0n) is 14.7. The van der Waals surface area contributed by atoms with Crippen LogP contribution >= 0.6 is 0 Å². The predicted octanol–water partition coefficient (Wildman–Crippen LogP) is 3.38. The van der Waals surface area contributed by atoms with Gasteiger partial charge in [0.25, 0.3) is 0 Å². The van der Waals surface area contributed by atoms with Crippen molar-refractivity contribution >= 4 is 17.5 Å². The van der Waals surface area contributed by atoms with Crippen LogP contribution in [0.15, 0.2) is 18.5 Å². The van der Waals surface area contributed by atoms with Crippen LogP contribution in [0.4, 0.5) is 16.2 Å². The SMILES string of the molecule is C.CC(C)[C@H]1CN(c2ccncc2N)CCN1C(=O)OC(C)(C)C. The molecule has 6 nitrogen and oxygen atoms in total. The second-order valence-corrected chi connectivity index (χ2v) is 7.37. The standard InChI is InChI=1S/C17H28N4O2.CH4/c1-12(2)15-11-20(14-6-7-19-10-13(14)18)8-9-21(15)16(22)23-17(3,4)5;/h6-7,10,12,15H,8-9,11,18H2,1-5H3;1H4/t15-;/m1./s1. The first-order valence-corrected chi connectivity index (χ1v) is 8.13. The van der Waals surface area contributed by atoms with Crippen LogP contribution in [-0.2, 0) is 4.74 Å². The summed E-state index contributed by atoms with van der Waals surface area (Å²) in [7, 11) is 0. The number of nitrogens with two attached hydrogens (primary N) is 1. The van der Waals surface area contributed by atoms with Crippen molar-refractivity contribution in [3.05, 3.63) is 18.5 Å². The molecule has 1 fully saturated rings. The summed E-state index contributed by atoms with van der Waals surface area (Å²) in [6.45, 7) is 12.0. The molecule has 1 atom stereocenters. The maximum Gasteiger partial charge on any atom is 0.410 e. The minimum Gasteiger partial charge on any atom is -0.444 e. The number of anilines is 2. The van der Waals surface area contributed by atoms with Crippen LogP contribution < -0.4 is 10.6 Å². The molecule has 0 bridgehead atoms. The molecule has 1 aliphatic rings. The molecule has 0 aromatic carbocycles. The minimum absolute atomic E-state index is 0. The number of carbonyl (C=O) groups is 1. The van der Waals surface area contributed by atoms with E-state index in [2.05, 4.69) is 23.7 Å². The number of pyridine rings is 1. The molecule has 0 saturated carbocycles. The molecule has 0 radical (unpaired) electrons. The van der Waals surface area contributed by atoms with Gasteiger partial charge in [-0.15, -0.1) is 0 Å². The lowest BCUT2D eigenvalue weighted by Crippen LogP contribution is -2.58. The van der Waals surface area contributed by atoms with E-state index in [-0.39, 0.29) is 19.6 Å². The van der Waals surface area contributed by atoms with Gasteiger partial charge in [0.2, 0.25) is 0 Å². The summed E-state index contributed by atoms with van der Waals surface area (Å²) in [6.07, 6.45) is 3.18. The van der Waals surface area contributed by atoms with Gasteiger partial charge in [0.15, 0.2) is 0 Å². The van der Waals surface area contributed by atoms with E-state index < -0.39 is 5.60 Å². The number of nitrogen functional groups attached to an aromatic ring is 1. The van der Waals surface area contributed by atoms with Gasteiger partial charge in [-0.25, -0.2) is 4.79 Å². The number of hydrogen-bond acceptors (Lipinski definition) is 5. The summed E-state index contributed by atoms with van der Waals surface area (Å²) < 4.78 is 5.56. The van der Waals surface area contributed by atoms with E-state index in [9.17, 15) is 4.79 Å². The first-order valence-electron chi connectivity index (χ1n) is 8.13. The Bertz CT molecular complexity index is 554. The Hall–Kier alpha value is -1.98. The molecule has 0 unspecified atom stereocenters. The van der Waals surface area contributed by atoms with Gasteiger partial charge in [-0.2, -0.15) is 0 Å². The molecule has 1 aromatic heterocycles. The van der Waals surface area contributed by atoms with E-state index in [1.165, 1.54) is 0 Å². The van der Waals surface area contributed by atoms with Gasteiger partial charge in [0, 0.05) is 25.8 Å². The third kappa shape index (κ3) is 4.76. The number of nitrogens with zero attached hydrogens (tertiary/aromatic N) is 3. The maximum absolute atomic E-state index is 12.5. The van der Waals surface area contributed by atoms with Crippen molar-refractivity contribution in [2.45, 2.75) is 53.7 Å². The highest BCUT2D eigenvalue weighted by atomic mass is 16.6. The van der Waals surface area contributed by atoms with E-state index >= 15 is 0 Å². The van der Waals surface area contributed by atoms with Crippen LogP contribution in [-0.4, -0.2) is 47.3 Å². The molecule has 2 rings (SSSR count). The monoisotopic (exact) mass is 336 g/mol. The Morgan fingerprint density at radius 1 is 1.38 bits per heavy atom. The number of hydrogen-bond donors (Lipinski definition) is 1. The van der Waals surface area contributed by atoms with Crippen molar-refractivity contribution in [3.8, 4) is 0 Å². The number of amides is 1. The Labute approximate surface area is 146 Å². The van der Waals surface area contributed by atoms with Crippen LogP contribution in [0.25, 0.3) is 0 Å². The van der Waals surface area contributed by atoms with E-state index in [0.717, 1.165) is 18.8 Å². The smallest absolute Gasteiger partial charge is 0.410 e. The molecule has 2 heterocycles. The number of carbonyl (C=O) groups excluding carboxylic acids is 1. The highest BCUT2D eigenvalue weighted by Crippen LogP contribution is 2.27. The van der Waals surface area contributed by atoms with E-state index in [1.54, 1.807) is 12.4 Å². The molecule has 1 amide bonds. The van der Waals surface area contributed by atoms with Crippen LogP contribution in [0.5, 0.6) is 0 Å². The summed E-state index contributed by atoms with van der Waals surface area (Å²) in [5.41, 5.74) is 7.21. The van der Waals surface area contributed by atoms with Crippen LogP contribution in [0.2, 0.25) is 0 Å². The number of aromatic nitrogens is 1. The molecule has 136 valence electrons. The fraction of sp³-hybridized carbons (Fsp3) is 0.667. The average Bonchev–Trinajstić information content (AvgIpc) is 2.45. The van der Waals surface area contributed by atoms with Gasteiger partial charge in [-0.05, 0) is 32.8 Å². The number of piperazine rings is 1. The maximum atomic E-state index is 12.5.